The van der Waals surface area contributed by atoms with E-state index in [2.05, 4.69) is 175 Å². The van der Waals surface area contributed by atoms with E-state index in [1.807, 2.05) is 0 Å². The Labute approximate surface area is 319 Å². The minimum absolute atomic E-state index is 0. The summed E-state index contributed by atoms with van der Waals surface area (Å²) in [7, 11) is 0. The maximum absolute atomic E-state index is 2.98. The van der Waals surface area contributed by atoms with Gasteiger partial charge in [-0.3, -0.25) is 0 Å². The van der Waals surface area contributed by atoms with Crippen molar-refractivity contribution in [3.63, 3.8) is 0 Å². The quantitative estimate of drug-likeness (QED) is 0.241. The molecule has 0 radical (unpaired) electrons. The van der Waals surface area contributed by atoms with Crippen molar-refractivity contribution in [2.75, 3.05) is 0 Å². The van der Waals surface area contributed by atoms with Gasteiger partial charge in [-0.25, -0.2) is 0 Å². The van der Waals surface area contributed by atoms with Crippen molar-refractivity contribution in [3.05, 3.63) is 167 Å². The second kappa shape index (κ2) is 14.2. The summed E-state index contributed by atoms with van der Waals surface area (Å²) in [5, 5.41) is 3.12. The van der Waals surface area contributed by atoms with Crippen LogP contribution in [0.15, 0.2) is 133 Å². The molecule has 6 aromatic carbocycles. The molecule has 0 unspecified atom stereocenters. The zero-order valence-corrected chi connectivity index (χ0v) is 34.8. The molecule has 250 valence electrons. The molecule has 6 aromatic rings. The number of benzene rings is 6. The first-order valence-electron chi connectivity index (χ1n) is 17.5. The largest absolute Gasteiger partial charge is 1.00 e. The summed E-state index contributed by atoms with van der Waals surface area (Å²) < 4.78 is 3.55. The molecule has 0 atom stereocenters. The van der Waals surface area contributed by atoms with Gasteiger partial charge >= 0.3 is 297 Å². The van der Waals surface area contributed by atoms with Crippen LogP contribution in [0.5, 0.6) is 0 Å². The van der Waals surface area contributed by atoms with Crippen molar-refractivity contribution in [1.29, 1.82) is 0 Å². The molecule has 0 amide bonds. The van der Waals surface area contributed by atoms with Gasteiger partial charge in [0.2, 0.25) is 0 Å². The Morgan fingerprint density at radius 2 is 0.780 bits per heavy atom. The zero-order valence-electron chi connectivity index (χ0n) is 29.9. The summed E-state index contributed by atoms with van der Waals surface area (Å²) in [6.07, 6.45) is 2.07. The van der Waals surface area contributed by atoms with E-state index in [0.29, 0.717) is 0 Å². The number of halogens is 2. The van der Waals surface area contributed by atoms with Crippen molar-refractivity contribution in [1.82, 2.24) is 0 Å². The average molecular weight is 787 g/mol. The molecule has 4 heteroatoms. The molecule has 0 saturated carbocycles. The van der Waals surface area contributed by atoms with Gasteiger partial charge in [0.1, 0.15) is 0 Å². The molecule has 50 heavy (non-hydrogen) atoms. The minimum Gasteiger partial charge on any atom is -1.00 e. The van der Waals surface area contributed by atoms with Crippen molar-refractivity contribution in [2.45, 2.75) is 65.2 Å². The van der Waals surface area contributed by atoms with E-state index in [0.717, 1.165) is 12.8 Å². The van der Waals surface area contributed by atoms with Crippen LogP contribution in [-0.4, -0.2) is 5.43 Å². The predicted octanol–water partition coefficient (Wildman–Crippen LogP) is 2.81. The minimum atomic E-state index is -2.98. The van der Waals surface area contributed by atoms with Crippen molar-refractivity contribution < 1.29 is 45.2 Å². The summed E-state index contributed by atoms with van der Waals surface area (Å²) in [6, 6.07) is 51.8. The van der Waals surface area contributed by atoms with Gasteiger partial charge in [-0.1, -0.05) is 0 Å². The first kappa shape index (κ1) is 36.8. The number of hydrogen-bond acceptors (Lipinski definition) is 0. The Bertz CT molecular complexity index is 2080. The van der Waals surface area contributed by atoms with Gasteiger partial charge in [-0.2, -0.15) is 0 Å². The maximum atomic E-state index is 2.54. The molecular formula is C46H44Cl2SiZr. The molecule has 2 aliphatic carbocycles. The molecule has 0 aromatic heterocycles. The number of hydrogen-bond donors (Lipinski definition) is 0. The Kier molecular flexibility index (Phi) is 10.4. The van der Waals surface area contributed by atoms with Gasteiger partial charge < -0.3 is 24.8 Å². The number of rotatable bonds is 4. The number of fused-ring (bicyclic) bond motifs is 6. The van der Waals surface area contributed by atoms with E-state index in [1.54, 1.807) is 39.2 Å². The fourth-order valence-electron chi connectivity index (χ4n) is 8.28. The van der Waals surface area contributed by atoms with Crippen LogP contribution in [0, 0.1) is 0 Å². The molecule has 0 fully saturated rings. The molecule has 0 saturated heterocycles. The third-order valence-electron chi connectivity index (χ3n) is 10.5. The Balaban J connectivity index is 0.00000216. The second-order valence-corrected chi connectivity index (χ2v) is 28.5. The van der Waals surface area contributed by atoms with Crippen LogP contribution in [-0.2, 0) is 44.0 Å². The van der Waals surface area contributed by atoms with E-state index in [4.69, 9.17) is 0 Å². The first-order valence-corrected chi connectivity index (χ1v) is 25.1. The van der Waals surface area contributed by atoms with Crippen molar-refractivity contribution in [2.24, 2.45) is 0 Å². The monoisotopic (exact) mass is 784 g/mol. The van der Waals surface area contributed by atoms with Crippen LogP contribution < -0.4 is 41.7 Å². The molecule has 0 heterocycles. The SMILES string of the molecule is CC(C)(C)c1ccc2c([c]1[Zr+2]([c]1c(C(C)(C)C)ccc3c1Cc1ccccc1-3)=[Si](c1ccccc1)c1ccccc1)Cc1ccccc1-2.[Cl-].[Cl-]. The standard InChI is InChI=1S/2C17H17.C12H10Si.2ClH.Zr/c2*1-17(2,3)14-8-9-16-13(11-14)10-12-6-4-5-7-15(12)16;1-3-7-11(8-4-1)13-12-9-5-2-6-10-12;;;/h2*4-9H,10H2,1-3H3;1-10H;2*1H;/q;;;;;+2/p-2. The summed E-state index contributed by atoms with van der Waals surface area (Å²) >= 11 is -2.98. The van der Waals surface area contributed by atoms with Gasteiger partial charge in [-0.05, 0) is 0 Å². The first-order chi connectivity index (χ1) is 23.1. The molecular weight excluding hydrogens is 743 g/mol. The smallest absolute Gasteiger partial charge is 1.00 e. The fourth-order valence-corrected chi connectivity index (χ4v) is 31.3. The van der Waals surface area contributed by atoms with Crippen molar-refractivity contribution >= 4 is 22.3 Å². The van der Waals surface area contributed by atoms with Crippen LogP contribution in [0.1, 0.15) is 74.9 Å². The van der Waals surface area contributed by atoms with E-state index in [9.17, 15) is 0 Å². The maximum Gasteiger partial charge on any atom is -1.00 e. The third kappa shape index (κ3) is 6.36. The summed E-state index contributed by atoms with van der Waals surface area (Å²) in [5.74, 6) is 0. The van der Waals surface area contributed by atoms with E-state index < -0.39 is 25.8 Å². The Morgan fingerprint density at radius 1 is 0.420 bits per heavy atom. The summed E-state index contributed by atoms with van der Waals surface area (Å²) in [6.45, 7) is 14.7. The van der Waals surface area contributed by atoms with Gasteiger partial charge in [0, 0.05) is 0 Å². The second-order valence-electron chi connectivity index (χ2n) is 15.7. The van der Waals surface area contributed by atoms with Crippen LogP contribution in [0.4, 0.5) is 0 Å². The van der Waals surface area contributed by atoms with Gasteiger partial charge in [-0.15, -0.1) is 0 Å². The van der Waals surface area contributed by atoms with Crippen LogP contribution >= 0.6 is 0 Å². The van der Waals surface area contributed by atoms with E-state index in [-0.39, 0.29) is 35.6 Å². The zero-order chi connectivity index (χ0) is 33.2. The molecule has 8 rings (SSSR count). The summed E-state index contributed by atoms with van der Waals surface area (Å²) in [5.41, 5.74) is 14.0. The predicted molar refractivity (Wildman–Crippen MR) is 204 cm³/mol. The molecule has 0 spiro atoms. The topological polar surface area (TPSA) is 0 Å². The van der Waals surface area contributed by atoms with Crippen LogP contribution in [0.25, 0.3) is 22.3 Å². The van der Waals surface area contributed by atoms with Crippen LogP contribution in [0.3, 0.4) is 0 Å². The normalized spacial score (nSPS) is 12.3. The Morgan fingerprint density at radius 3 is 1.16 bits per heavy atom. The van der Waals surface area contributed by atoms with E-state index >= 15 is 0 Å². The van der Waals surface area contributed by atoms with Gasteiger partial charge in [0.15, 0.2) is 0 Å². The van der Waals surface area contributed by atoms with Crippen LogP contribution in [0.2, 0.25) is 0 Å². The third-order valence-corrected chi connectivity index (χ3v) is 29.0. The van der Waals surface area contributed by atoms with E-state index in [1.165, 1.54) is 33.4 Å². The van der Waals surface area contributed by atoms with Gasteiger partial charge in [0.25, 0.3) is 0 Å². The molecule has 2 aliphatic rings. The van der Waals surface area contributed by atoms with Crippen molar-refractivity contribution in [3.8, 4) is 22.3 Å². The summed E-state index contributed by atoms with van der Waals surface area (Å²) in [4.78, 5) is 0. The molecule has 0 aliphatic heterocycles. The average Bonchev–Trinajstić information content (AvgIpc) is 3.65. The fraction of sp³-hybridized carbons (Fsp3) is 0.217. The Hall–Kier alpha value is -3.00. The molecule has 0 nitrogen and oxygen atoms in total. The molecule has 0 N–H and O–H groups in total. The van der Waals surface area contributed by atoms with Gasteiger partial charge in [0.05, 0.1) is 0 Å². The molecule has 0 bridgehead atoms.